The lowest BCUT2D eigenvalue weighted by Gasteiger charge is -2.08. The molecular weight excluding hydrogens is 310 g/mol. The number of alkyl halides is 2. The van der Waals surface area contributed by atoms with E-state index in [1.165, 1.54) is 6.07 Å². The number of carbonyl (C=O) groups excluding carboxylic acids is 1. The normalized spacial score (nSPS) is 10.2. The molecule has 0 aliphatic carbocycles. The molecule has 0 aromatic carbocycles. The van der Waals surface area contributed by atoms with Crippen LogP contribution in [0.2, 0.25) is 0 Å². The molecule has 0 atom stereocenters. The van der Waals surface area contributed by atoms with Gasteiger partial charge in [0.1, 0.15) is 11.8 Å². The topological polar surface area (TPSA) is 63.0 Å². The second-order valence-corrected chi connectivity index (χ2v) is 4.05. The monoisotopic (exact) mass is 318 g/mol. The molecule has 1 heterocycles. The molecule has 96 valence electrons. The Balaban J connectivity index is 3.11. The summed E-state index contributed by atoms with van der Waals surface area (Å²) in [5.74, 6) is -0.573. The summed E-state index contributed by atoms with van der Waals surface area (Å²) in [6, 6.07) is 3.05. The predicted octanol–water partition coefficient (Wildman–Crippen LogP) is 2.76. The van der Waals surface area contributed by atoms with Gasteiger partial charge >= 0.3 is 5.97 Å². The summed E-state index contributed by atoms with van der Waals surface area (Å²) in [5, 5.41) is 8.82. The average Bonchev–Trinajstić information content (AvgIpc) is 2.31. The van der Waals surface area contributed by atoms with Gasteiger partial charge in [0.25, 0.3) is 6.43 Å². The molecule has 0 radical (unpaired) electrons. The smallest absolute Gasteiger partial charge is 0.311 e. The van der Waals surface area contributed by atoms with E-state index in [4.69, 9.17) is 5.26 Å². The molecule has 0 aliphatic heterocycles. The number of hydrogen-bond acceptors (Lipinski definition) is 4. The molecule has 0 saturated carbocycles. The average molecular weight is 319 g/mol. The number of pyridine rings is 1. The lowest BCUT2D eigenvalue weighted by atomic mass is 10.1. The predicted molar refractivity (Wildman–Crippen MR) is 61.9 cm³/mol. The van der Waals surface area contributed by atoms with Crippen LogP contribution < -0.4 is 0 Å². The summed E-state index contributed by atoms with van der Waals surface area (Å²) in [6.07, 6.45) is -3.07. The van der Waals surface area contributed by atoms with Gasteiger partial charge in [0.2, 0.25) is 0 Å². The Morgan fingerprint density at radius 2 is 2.33 bits per heavy atom. The van der Waals surface area contributed by atoms with Gasteiger partial charge in [0.15, 0.2) is 0 Å². The van der Waals surface area contributed by atoms with E-state index in [2.05, 4.69) is 25.7 Å². The first-order valence-corrected chi connectivity index (χ1v) is 5.82. The number of carbonyl (C=O) groups is 1. The molecule has 18 heavy (non-hydrogen) atoms. The van der Waals surface area contributed by atoms with Gasteiger partial charge in [-0.15, -0.1) is 0 Å². The first-order valence-electron chi connectivity index (χ1n) is 5.02. The number of ether oxygens (including phenoxy) is 1. The fourth-order valence-corrected chi connectivity index (χ4v) is 1.75. The molecule has 7 heteroatoms. The van der Waals surface area contributed by atoms with Crippen LogP contribution in [0.15, 0.2) is 10.5 Å². The van der Waals surface area contributed by atoms with E-state index >= 15 is 0 Å². The third-order valence-corrected chi connectivity index (χ3v) is 2.83. The quantitative estimate of drug-likeness (QED) is 0.801. The maximum absolute atomic E-state index is 12.7. The number of esters is 1. The van der Waals surface area contributed by atoms with Gasteiger partial charge in [-0.05, 0) is 28.9 Å². The lowest BCUT2D eigenvalue weighted by molar-refractivity contribution is -0.142. The molecule has 0 saturated heterocycles. The number of aromatic nitrogens is 1. The van der Waals surface area contributed by atoms with Crippen LogP contribution in [-0.4, -0.2) is 17.6 Å². The highest BCUT2D eigenvalue weighted by atomic mass is 79.9. The number of halogens is 3. The molecule has 0 aliphatic rings. The van der Waals surface area contributed by atoms with Crippen LogP contribution in [0.25, 0.3) is 0 Å². The first-order chi connectivity index (χ1) is 8.49. The summed E-state index contributed by atoms with van der Waals surface area (Å²) in [7, 11) is 0. The summed E-state index contributed by atoms with van der Waals surface area (Å²) < 4.78 is 30.0. The third-order valence-electron chi connectivity index (χ3n) is 1.99. The highest BCUT2D eigenvalue weighted by molar-refractivity contribution is 9.10. The Labute approximate surface area is 111 Å². The molecule has 4 nitrogen and oxygen atoms in total. The first kappa shape index (κ1) is 14.5. The van der Waals surface area contributed by atoms with Crippen LogP contribution >= 0.6 is 15.9 Å². The van der Waals surface area contributed by atoms with Crippen LogP contribution in [0.3, 0.4) is 0 Å². The van der Waals surface area contributed by atoms with E-state index < -0.39 is 18.1 Å². The third kappa shape index (κ3) is 3.47. The Kier molecular flexibility index (Phi) is 5.16. The zero-order valence-corrected chi connectivity index (χ0v) is 11.0. The zero-order valence-electron chi connectivity index (χ0n) is 9.41. The minimum absolute atomic E-state index is 0.0135. The Morgan fingerprint density at radius 3 is 2.83 bits per heavy atom. The highest BCUT2D eigenvalue weighted by Gasteiger charge is 2.19. The van der Waals surface area contributed by atoms with E-state index in [1.54, 1.807) is 13.0 Å². The summed E-state index contributed by atoms with van der Waals surface area (Å²) >= 11 is 2.89. The van der Waals surface area contributed by atoms with Gasteiger partial charge < -0.3 is 4.74 Å². The Hall–Kier alpha value is -1.55. The second-order valence-electron chi connectivity index (χ2n) is 3.25. The van der Waals surface area contributed by atoms with Gasteiger partial charge in [0.05, 0.1) is 28.8 Å². The second kappa shape index (κ2) is 6.40. The summed E-state index contributed by atoms with van der Waals surface area (Å²) in [4.78, 5) is 14.9. The van der Waals surface area contributed by atoms with E-state index in [0.29, 0.717) is 0 Å². The van der Waals surface area contributed by atoms with Crippen LogP contribution in [0.4, 0.5) is 8.78 Å². The van der Waals surface area contributed by atoms with E-state index in [1.807, 2.05) is 0 Å². The van der Waals surface area contributed by atoms with Crippen molar-refractivity contribution in [1.29, 1.82) is 5.26 Å². The maximum atomic E-state index is 12.7. The molecule has 0 spiro atoms. The van der Waals surface area contributed by atoms with E-state index in [9.17, 15) is 13.6 Å². The van der Waals surface area contributed by atoms with E-state index in [-0.39, 0.29) is 28.8 Å². The largest absolute Gasteiger partial charge is 0.466 e. The molecule has 1 aromatic heterocycles. The number of nitrogens with zero attached hydrogens (tertiary/aromatic N) is 2. The van der Waals surface area contributed by atoms with Crippen molar-refractivity contribution in [3.05, 3.63) is 27.5 Å². The van der Waals surface area contributed by atoms with Crippen molar-refractivity contribution in [2.24, 2.45) is 0 Å². The summed E-state index contributed by atoms with van der Waals surface area (Å²) in [5.41, 5.74) is -0.448. The van der Waals surface area contributed by atoms with Crippen LogP contribution in [0, 0.1) is 11.3 Å². The standard InChI is InChI=1S/C11H9BrF2N2O2/c1-2-18-8(17)4-7-3-6(5-15)9(12)10(16-7)11(13)14/h3,11H,2,4H2,1H3. The van der Waals surface area contributed by atoms with Crippen molar-refractivity contribution in [2.45, 2.75) is 19.8 Å². The zero-order chi connectivity index (χ0) is 13.7. The minimum atomic E-state index is -2.83. The van der Waals surface area contributed by atoms with Crippen molar-refractivity contribution in [2.75, 3.05) is 6.61 Å². The Morgan fingerprint density at radius 1 is 1.67 bits per heavy atom. The fraction of sp³-hybridized carbons (Fsp3) is 0.364. The van der Waals surface area contributed by atoms with Crippen molar-refractivity contribution in [3.8, 4) is 6.07 Å². The molecule has 0 fully saturated rings. The molecule has 0 bridgehead atoms. The van der Waals surface area contributed by atoms with Crippen molar-refractivity contribution in [1.82, 2.24) is 4.98 Å². The van der Waals surface area contributed by atoms with Gasteiger partial charge in [-0.3, -0.25) is 4.79 Å². The highest BCUT2D eigenvalue weighted by Crippen LogP contribution is 2.28. The molecule has 0 amide bonds. The minimum Gasteiger partial charge on any atom is -0.466 e. The number of nitriles is 1. The van der Waals surface area contributed by atoms with Gasteiger partial charge in [-0.1, -0.05) is 0 Å². The van der Waals surface area contributed by atoms with Crippen LogP contribution in [0.1, 0.15) is 30.3 Å². The Bertz CT molecular complexity index is 501. The van der Waals surface area contributed by atoms with Crippen molar-refractivity contribution < 1.29 is 18.3 Å². The SMILES string of the molecule is CCOC(=O)Cc1cc(C#N)c(Br)c(C(F)F)n1. The van der Waals surface area contributed by atoms with Gasteiger partial charge in [-0.25, -0.2) is 13.8 Å². The fourth-order valence-electron chi connectivity index (χ4n) is 1.28. The van der Waals surface area contributed by atoms with Crippen LogP contribution in [0.5, 0.6) is 0 Å². The lowest BCUT2D eigenvalue weighted by Crippen LogP contribution is -2.10. The number of hydrogen-bond donors (Lipinski definition) is 0. The van der Waals surface area contributed by atoms with Crippen LogP contribution in [-0.2, 0) is 16.0 Å². The molecule has 0 unspecified atom stereocenters. The molecule has 0 N–H and O–H groups in total. The van der Waals surface area contributed by atoms with E-state index in [0.717, 1.165) is 0 Å². The molecule has 1 aromatic rings. The van der Waals surface area contributed by atoms with Gasteiger partial charge in [-0.2, -0.15) is 5.26 Å². The van der Waals surface area contributed by atoms with Crippen molar-refractivity contribution in [3.63, 3.8) is 0 Å². The summed E-state index contributed by atoms with van der Waals surface area (Å²) in [6.45, 7) is 1.83. The molecule has 1 rings (SSSR count). The molecular formula is C11H9BrF2N2O2. The maximum Gasteiger partial charge on any atom is 0.311 e. The van der Waals surface area contributed by atoms with Gasteiger partial charge in [0, 0.05) is 0 Å². The number of rotatable bonds is 4. The van der Waals surface area contributed by atoms with Crippen molar-refractivity contribution >= 4 is 21.9 Å².